The van der Waals surface area contributed by atoms with Crippen LogP contribution in [0.3, 0.4) is 0 Å². The highest BCUT2D eigenvalue weighted by molar-refractivity contribution is 7.19. The van der Waals surface area contributed by atoms with E-state index in [4.69, 9.17) is 40.2 Å². The first-order chi connectivity index (χ1) is 9.99. The van der Waals surface area contributed by atoms with Crippen molar-refractivity contribution < 1.29 is 9.53 Å². The van der Waals surface area contributed by atoms with Gasteiger partial charge in [-0.2, -0.15) is 0 Å². The van der Waals surface area contributed by atoms with Gasteiger partial charge in [-0.25, -0.2) is 9.64 Å². The molecule has 0 saturated carbocycles. The quantitative estimate of drug-likeness (QED) is 0.629. The van der Waals surface area contributed by atoms with E-state index in [1.165, 1.54) is 0 Å². The minimum absolute atomic E-state index is 0.201. The second kappa shape index (κ2) is 6.35. The van der Waals surface area contributed by atoms with Gasteiger partial charge in [0, 0.05) is 15.6 Å². The van der Waals surface area contributed by atoms with Crippen LogP contribution in [0, 0.1) is 6.57 Å². The Bertz CT molecular complexity index is 750. The predicted octanol–water partition coefficient (Wildman–Crippen LogP) is 5.03. The molecule has 108 valence electrons. The average molecular weight is 341 g/mol. The monoisotopic (exact) mass is 340 g/mol. The first kappa shape index (κ1) is 15.6. The molecule has 0 aliphatic rings. The number of nitrogens with zero attached hydrogens (tertiary/aromatic N) is 1. The fraction of sp³-hybridized carbons (Fsp3) is 0.143. The largest absolute Gasteiger partial charge is 0.462 e. The van der Waals surface area contributed by atoms with E-state index in [-0.39, 0.29) is 22.2 Å². The summed E-state index contributed by atoms with van der Waals surface area (Å²) in [5, 5.41) is 1.07. The van der Waals surface area contributed by atoms with Crippen LogP contribution in [0.4, 0.5) is 10.7 Å². The van der Waals surface area contributed by atoms with Crippen LogP contribution >= 0.6 is 34.5 Å². The molecule has 2 aromatic rings. The van der Waals surface area contributed by atoms with Gasteiger partial charge in [-0.05, 0) is 24.6 Å². The molecule has 2 N–H and O–H groups in total. The topological polar surface area (TPSA) is 56.7 Å². The molecule has 7 heteroatoms. The highest BCUT2D eigenvalue weighted by atomic mass is 35.5. The smallest absolute Gasteiger partial charge is 0.347 e. The van der Waals surface area contributed by atoms with E-state index in [1.807, 2.05) is 0 Å². The van der Waals surface area contributed by atoms with E-state index in [0.29, 0.717) is 21.2 Å². The molecule has 0 spiro atoms. The number of carbonyl (C=O) groups excluding carboxylic acids is 1. The normalized spacial score (nSPS) is 10.2. The number of rotatable bonds is 3. The number of anilines is 1. The number of hydrogen-bond acceptors (Lipinski definition) is 4. The van der Waals surface area contributed by atoms with E-state index < -0.39 is 5.97 Å². The van der Waals surface area contributed by atoms with E-state index in [2.05, 4.69) is 4.85 Å². The SMILES string of the molecule is [C-]#[N+]c1c(N)sc(C(=O)OCC)c1-c1ccc(Cl)cc1Cl. The van der Waals surface area contributed by atoms with Crippen LogP contribution in [-0.4, -0.2) is 12.6 Å². The second-order valence-corrected chi connectivity index (χ2v) is 5.87. The van der Waals surface area contributed by atoms with E-state index in [0.717, 1.165) is 11.3 Å². The number of hydrogen-bond donors (Lipinski definition) is 1. The minimum atomic E-state index is -0.523. The Hall–Kier alpha value is -1.74. The molecule has 1 aromatic heterocycles. The van der Waals surface area contributed by atoms with Gasteiger partial charge in [-0.3, -0.25) is 0 Å². The van der Waals surface area contributed by atoms with Crippen molar-refractivity contribution in [1.29, 1.82) is 0 Å². The molecule has 0 bridgehead atoms. The minimum Gasteiger partial charge on any atom is -0.462 e. The van der Waals surface area contributed by atoms with Gasteiger partial charge in [-0.1, -0.05) is 29.3 Å². The van der Waals surface area contributed by atoms with Gasteiger partial charge in [-0.15, -0.1) is 11.3 Å². The van der Waals surface area contributed by atoms with Crippen LogP contribution in [0.5, 0.6) is 0 Å². The van der Waals surface area contributed by atoms with Gasteiger partial charge in [0.1, 0.15) is 4.88 Å². The highest BCUT2D eigenvalue weighted by Crippen LogP contribution is 2.47. The summed E-state index contributed by atoms with van der Waals surface area (Å²) in [7, 11) is 0. The summed E-state index contributed by atoms with van der Waals surface area (Å²) in [6, 6.07) is 4.85. The molecule has 1 heterocycles. The lowest BCUT2D eigenvalue weighted by atomic mass is 10.0. The molecule has 0 aliphatic heterocycles. The number of halogens is 2. The van der Waals surface area contributed by atoms with Crippen molar-refractivity contribution in [1.82, 2.24) is 0 Å². The van der Waals surface area contributed by atoms with Crippen molar-refractivity contribution in [3.8, 4) is 11.1 Å². The summed E-state index contributed by atoms with van der Waals surface area (Å²) < 4.78 is 5.01. The third kappa shape index (κ3) is 2.98. The first-order valence-electron chi connectivity index (χ1n) is 5.91. The fourth-order valence-corrected chi connectivity index (χ4v) is 3.25. The lowest BCUT2D eigenvalue weighted by molar-refractivity contribution is 0.0533. The fourth-order valence-electron chi connectivity index (χ4n) is 1.83. The lowest BCUT2D eigenvalue weighted by Crippen LogP contribution is -2.03. The number of esters is 1. The van der Waals surface area contributed by atoms with Crippen molar-refractivity contribution in [2.45, 2.75) is 6.92 Å². The van der Waals surface area contributed by atoms with Crippen LogP contribution in [0.25, 0.3) is 16.0 Å². The molecule has 0 radical (unpaired) electrons. The van der Waals surface area contributed by atoms with Crippen LogP contribution in [0.1, 0.15) is 16.6 Å². The summed E-state index contributed by atoms with van der Waals surface area (Å²) in [5.41, 5.74) is 6.96. The van der Waals surface area contributed by atoms with Crippen molar-refractivity contribution in [3.05, 3.63) is 44.5 Å². The van der Waals surface area contributed by atoms with Gasteiger partial charge in [0.05, 0.1) is 18.2 Å². The number of thiophene rings is 1. The zero-order valence-electron chi connectivity index (χ0n) is 10.9. The third-order valence-corrected chi connectivity index (χ3v) is 4.22. The van der Waals surface area contributed by atoms with Crippen molar-refractivity contribution >= 4 is 51.2 Å². The Morgan fingerprint density at radius 2 is 2.19 bits per heavy atom. The molecule has 0 unspecified atom stereocenters. The van der Waals surface area contributed by atoms with Gasteiger partial charge in [0.2, 0.25) is 5.69 Å². The molecular weight excluding hydrogens is 331 g/mol. The van der Waals surface area contributed by atoms with E-state index in [1.54, 1.807) is 25.1 Å². The van der Waals surface area contributed by atoms with Gasteiger partial charge in [0.25, 0.3) is 0 Å². The van der Waals surface area contributed by atoms with Crippen LogP contribution in [0.15, 0.2) is 18.2 Å². The molecule has 0 fully saturated rings. The Kier molecular flexibility index (Phi) is 4.73. The molecule has 0 saturated heterocycles. The Morgan fingerprint density at radius 1 is 1.48 bits per heavy atom. The van der Waals surface area contributed by atoms with Gasteiger partial charge >= 0.3 is 5.97 Å². The zero-order chi connectivity index (χ0) is 15.6. The number of nitrogen functional groups attached to an aromatic ring is 1. The third-order valence-electron chi connectivity index (χ3n) is 2.68. The highest BCUT2D eigenvalue weighted by Gasteiger charge is 2.25. The second-order valence-electron chi connectivity index (χ2n) is 3.98. The number of nitrogens with two attached hydrogens (primary N) is 1. The average Bonchev–Trinajstić information content (AvgIpc) is 2.76. The van der Waals surface area contributed by atoms with E-state index in [9.17, 15) is 4.79 Å². The van der Waals surface area contributed by atoms with Crippen molar-refractivity contribution in [3.63, 3.8) is 0 Å². The molecule has 4 nitrogen and oxygen atoms in total. The van der Waals surface area contributed by atoms with Crippen LogP contribution < -0.4 is 5.73 Å². The molecule has 1 aromatic carbocycles. The van der Waals surface area contributed by atoms with E-state index >= 15 is 0 Å². The Balaban J connectivity index is 2.71. The Labute approximate surface area is 135 Å². The maximum absolute atomic E-state index is 12.1. The molecule has 0 atom stereocenters. The van der Waals surface area contributed by atoms with Gasteiger partial charge in [0.15, 0.2) is 0 Å². The molecule has 0 amide bonds. The lowest BCUT2D eigenvalue weighted by Gasteiger charge is -2.07. The number of benzene rings is 1. The van der Waals surface area contributed by atoms with Crippen LogP contribution in [0.2, 0.25) is 10.0 Å². The summed E-state index contributed by atoms with van der Waals surface area (Å²) >= 11 is 13.1. The van der Waals surface area contributed by atoms with Gasteiger partial charge < -0.3 is 10.5 Å². The number of ether oxygens (including phenoxy) is 1. The van der Waals surface area contributed by atoms with Crippen molar-refractivity contribution in [2.24, 2.45) is 0 Å². The summed E-state index contributed by atoms with van der Waals surface area (Å²) in [4.78, 5) is 15.7. The summed E-state index contributed by atoms with van der Waals surface area (Å²) in [5.74, 6) is -0.523. The summed E-state index contributed by atoms with van der Waals surface area (Å²) in [6.07, 6.45) is 0. The zero-order valence-corrected chi connectivity index (χ0v) is 13.3. The molecule has 21 heavy (non-hydrogen) atoms. The predicted molar refractivity (Wildman–Crippen MR) is 86.4 cm³/mol. The molecular formula is C14H10Cl2N2O2S. The summed E-state index contributed by atoms with van der Waals surface area (Å²) in [6.45, 7) is 9.22. The molecule has 2 rings (SSSR count). The number of carbonyl (C=O) groups is 1. The molecule has 0 aliphatic carbocycles. The standard InChI is InChI=1S/C14H10Cl2N2O2S/c1-3-20-14(19)12-10(11(18-2)13(17)21-12)8-5-4-7(15)6-9(8)16/h4-6H,3,17H2,1H3. The van der Waals surface area contributed by atoms with Crippen molar-refractivity contribution in [2.75, 3.05) is 12.3 Å². The maximum Gasteiger partial charge on any atom is 0.347 e. The first-order valence-corrected chi connectivity index (χ1v) is 7.49. The maximum atomic E-state index is 12.1. The Morgan fingerprint density at radius 3 is 2.76 bits per heavy atom. The van der Waals surface area contributed by atoms with Crippen LogP contribution in [-0.2, 0) is 4.74 Å².